The third kappa shape index (κ3) is 4.65. The quantitative estimate of drug-likeness (QED) is 0.400. The number of rotatable bonds is 5. The van der Waals surface area contributed by atoms with Crippen molar-refractivity contribution in [1.82, 2.24) is 10.2 Å². The molecule has 0 bridgehead atoms. The Morgan fingerprint density at radius 3 is 2.59 bits per heavy atom. The van der Waals surface area contributed by atoms with Gasteiger partial charge in [0.05, 0.1) is 24.3 Å². The van der Waals surface area contributed by atoms with E-state index in [2.05, 4.69) is 41.2 Å². The number of methoxy groups -OCH3 is 1. The maximum atomic E-state index is 9.77. The number of fused-ring (bicyclic) bond motifs is 1. The molecule has 0 amide bonds. The van der Waals surface area contributed by atoms with E-state index in [0.717, 1.165) is 71.1 Å². The molecule has 1 saturated heterocycles. The molecular formula is C25H27BrClN5O2. The zero-order valence-electron chi connectivity index (χ0n) is 18.9. The molecule has 1 saturated carbocycles. The number of nitrogens with zero attached hydrogens (tertiary/aromatic N) is 4. The molecule has 34 heavy (non-hydrogen) atoms. The molecule has 2 aliphatic rings. The first kappa shape index (κ1) is 24.5. The summed E-state index contributed by atoms with van der Waals surface area (Å²) in [5.74, 6) is 2.32. The Morgan fingerprint density at radius 2 is 1.94 bits per heavy atom. The second-order valence-electron chi connectivity index (χ2n) is 9.09. The van der Waals surface area contributed by atoms with Gasteiger partial charge in [0.1, 0.15) is 5.75 Å². The number of nitrogens with one attached hydrogen (secondary N) is 1. The van der Waals surface area contributed by atoms with Crippen LogP contribution >= 0.6 is 28.3 Å². The Balaban J connectivity index is 0.00000274. The number of halogens is 2. The SMILES string of the molecule is Cl.[C-]#[N+]c1ccc2c(N3CCC4(CC3)CC(O)C4)nnc(NCc3ccc(OC)c(Br)c3)c2c1. The summed E-state index contributed by atoms with van der Waals surface area (Å²) >= 11 is 3.53. The predicted molar refractivity (Wildman–Crippen MR) is 140 cm³/mol. The van der Waals surface area contributed by atoms with Gasteiger partial charge >= 0.3 is 0 Å². The molecule has 1 aliphatic carbocycles. The second kappa shape index (κ2) is 9.95. The lowest BCUT2D eigenvalue weighted by molar-refractivity contribution is -0.0464. The molecular weight excluding hydrogens is 518 g/mol. The number of aliphatic hydroxyl groups is 1. The number of aliphatic hydroxyl groups excluding tert-OH is 1. The summed E-state index contributed by atoms with van der Waals surface area (Å²) in [7, 11) is 1.65. The molecule has 2 N–H and O–H groups in total. The summed E-state index contributed by atoms with van der Waals surface area (Å²) in [6.45, 7) is 9.84. The Bertz CT molecular complexity index is 1230. The monoisotopic (exact) mass is 543 g/mol. The van der Waals surface area contributed by atoms with E-state index in [1.807, 2.05) is 36.4 Å². The second-order valence-corrected chi connectivity index (χ2v) is 9.94. The number of aromatic nitrogens is 2. The maximum absolute atomic E-state index is 9.77. The highest BCUT2D eigenvalue weighted by atomic mass is 79.9. The zero-order chi connectivity index (χ0) is 23.0. The summed E-state index contributed by atoms with van der Waals surface area (Å²) in [6.07, 6.45) is 3.86. The Morgan fingerprint density at radius 1 is 1.18 bits per heavy atom. The van der Waals surface area contributed by atoms with Crippen LogP contribution in [0.1, 0.15) is 31.2 Å². The van der Waals surface area contributed by atoms with Crippen molar-refractivity contribution in [2.24, 2.45) is 5.41 Å². The van der Waals surface area contributed by atoms with Crippen LogP contribution in [0.4, 0.5) is 17.3 Å². The van der Waals surface area contributed by atoms with Gasteiger partial charge in [-0.05, 0) is 70.8 Å². The standard InChI is InChI=1S/C25H26BrN5O2.ClH/c1-27-17-4-5-19-20(12-17)23(28-15-16-3-6-22(33-2)21(26)11-16)29-30-24(19)31-9-7-25(8-10-31)13-18(32)14-25;/h3-6,11-12,18,32H,7-10,13-15H2,2H3,(H,28,29);1H. The Labute approximate surface area is 213 Å². The fourth-order valence-corrected chi connectivity index (χ4v) is 5.70. The summed E-state index contributed by atoms with van der Waals surface area (Å²) in [5.41, 5.74) is 1.97. The Hall–Kier alpha value is -2.60. The minimum Gasteiger partial charge on any atom is -0.496 e. The van der Waals surface area contributed by atoms with Crippen molar-refractivity contribution in [3.8, 4) is 5.75 Å². The van der Waals surface area contributed by atoms with Gasteiger partial charge in [-0.15, -0.1) is 22.6 Å². The highest BCUT2D eigenvalue weighted by molar-refractivity contribution is 9.10. The van der Waals surface area contributed by atoms with E-state index in [1.165, 1.54) is 0 Å². The van der Waals surface area contributed by atoms with Crippen LogP contribution in [0.15, 0.2) is 40.9 Å². The molecule has 5 rings (SSSR count). The van der Waals surface area contributed by atoms with E-state index < -0.39 is 0 Å². The predicted octanol–water partition coefficient (Wildman–Crippen LogP) is 5.73. The van der Waals surface area contributed by atoms with Crippen molar-refractivity contribution in [1.29, 1.82) is 0 Å². The maximum Gasteiger partial charge on any atom is 0.188 e. The van der Waals surface area contributed by atoms with Gasteiger partial charge in [-0.3, -0.25) is 0 Å². The first-order chi connectivity index (χ1) is 16.0. The van der Waals surface area contributed by atoms with Crippen molar-refractivity contribution in [2.75, 3.05) is 30.4 Å². The summed E-state index contributed by atoms with van der Waals surface area (Å²) in [4.78, 5) is 5.91. The van der Waals surface area contributed by atoms with Gasteiger partial charge in [0, 0.05) is 30.4 Å². The molecule has 2 heterocycles. The smallest absolute Gasteiger partial charge is 0.188 e. The molecule has 9 heteroatoms. The van der Waals surface area contributed by atoms with Crippen molar-refractivity contribution >= 4 is 56.4 Å². The lowest BCUT2D eigenvalue weighted by Gasteiger charge is -2.50. The van der Waals surface area contributed by atoms with Gasteiger partial charge in [-0.2, -0.15) is 0 Å². The molecule has 7 nitrogen and oxygen atoms in total. The molecule has 1 aromatic heterocycles. The zero-order valence-corrected chi connectivity index (χ0v) is 21.3. The number of anilines is 2. The fraction of sp³-hybridized carbons (Fsp3) is 0.400. The van der Waals surface area contributed by atoms with Crippen molar-refractivity contribution < 1.29 is 9.84 Å². The van der Waals surface area contributed by atoms with E-state index >= 15 is 0 Å². The van der Waals surface area contributed by atoms with E-state index in [1.54, 1.807) is 7.11 Å². The van der Waals surface area contributed by atoms with Crippen molar-refractivity contribution in [3.63, 3.8) is 0 Å². The lowest BCUT2D eigenvalue weighted by Crippen LogP contribution is -2.49. The molecule has 1 spiro atoms. The molecule has 0 radical (unpaired) electrons. The number of benzene rings is 2. The first-order valence-corrected chi connectivity index (χ1v) is 12.0. The van der Waals surface area contributed by atoms with Crippen LogP contribution < -0.4 is 15.0 Å². The van der Waals surface area contributed by atoms with Gasteiger partial charge < -0.3 is 20.1 Å². The summed E-state index contributed by atoms with van der Waals surface area (Å²) in [6, 6.07) is 11.7. The van der Waals surface area contributed by atoms with Gasteiger partial charge in [0.15, 0.2) is 17.3 Å². The third-order valence-corrected chi connectivity index (χ3v) is 7.63. The highest BCUT2D eigenvalue weighted by Gasteiger charge is 2.45. The topological polar surface area (TPSA) is 74.9 Å². The molecule has 178 valence electrons. The summed E-state index contributed by atoms with van der Waals surface area (Å²) < 4.78 is 6.21. The van der Waals surface area contributed by atoms with Crippen LogP contribution in [0.3, 0.4) is 0 Å². The lowest BCUT2D eigenvalue weighted by atomic mass is 9.61. The summed E-state index contributed by atoms with van der Waals surface area (Å²) in [5, 5.41) is 24.2. The minimum absolute atomic E-state index is 0. The van der Waals surface area contributed by atoms with Crippen LogP contribution in [0.5, 0.6) is 5.75 Å². The van der Waals surface area contributed by atoms with E-state index in [-0.39, 0.29) is 18.5 Å². The van der Waals surface area contributed by atoms with E-state index in [0.29, 0.717) is 23.5 Å². The Kier molecular flexibility index (Phi) is 7.17. The number of hydrogen-bond donors (Lipinski definition) is 2. The van der Waals surface area contributed by atoms with Crippen LogP contribution in [-0.4, -0.2) is 41.6 Å². The average molecular weight is 545 g/mol. The first-order valence-electron chi connectivity index (χ1n) is 11.2. The molecule has 2 fully saturated rings. The number of piperidine rings is 1. The van der Waals surface area contributed by atoms with Crippen LogP contribution in [0.2, 0.25) is 0 Å². The molecule has 1 aliphatic heterocycles. The van der Waals surface area contributed by atoms with Crippen LogP contribution in [0, 0.1) is 12.0 Å². The van der Waals surface area contributed by atoms with Crippen molar-refractivity contribution in [2.45, 2.75) is 38.3 Å². The fourth-order valence-electron chi connectivity index (χ4n) is 5.11. The van der Waals surface area contributed by atoms with Crippen LogP contribution in [0.25, 0.3) is 15.6 Å². The van der Waals surface area contributed by atoms with Gasteiger partial charge in [0.2, 0.25) is 0 Å². The van der Waals surface area contributed by atoms with E-state index in [4.69, 9.17) is 11.3 Å². The molecule has 0 unspecified atom stereocenters. The third-order valence-electron chi connectivity index (χ3n) is 7.01. The number of ether oxygens (including phenoxy) is 1. The van der Waals surface area contributed by atoms with Gasteiger partial charge in [-0.1, -0.05) is 18.2 Å². The molecule has 2 aromatic carbocycles. The highest BCUT2D eigenvalue weighted by Crippen LogP contribution is 2.49. The molecule has 0 atom stereocenters. The molecule has 3 aromatic rings. The minimum atomic E-state index is -0.124. The van der Waals surface area contributed by atoms with Crippen LogP contribution in [-0.2, 0) is 6.54 Å². The van der Waals surface area contributed by atoms with Gasteiger partial charge in [0.25, 0.3) is 0 Å². The normalized spacial score (nSPS) is 17.1. The number of hydrogen-bond acceptors (Lipinski definition) is 6. The van der Waals surface area contributed by atoms with Gasteiger partial charge in [-0.25, -0.2) is 4.85 Å². The van der Waals surface area contributed by atoms with Crippen molar-refractivity contribution in [3.05, 3.63) is 57.9 Å². The average Bonchev–Trinajstić information content (AvgIpc) is 2.82. The largest absolute Gasteiger partial charge is 0.496 e. The van der Waals surface area contributed by atoms with E-state index in [9.17, 15) is 5.11 Å².